The lowest BCUT2D eigenvalue weighted by Crippen LogP contribution is -2.15. The van der Waals surface area contributed by atoms with Gasteiger partial charge in [0, 0.05) is 14.2 Å². The highest BCUT2D eigenvalue weighted by molar-refractivity contribution is 9.11. The number of thiophene rings is 2. The summed E-state index contributed by atoms with van der Waals surface area (Å²) in [5, 5.41) is 5.48. The Kier molecular flexibility index (Phi) is 4.24. The molecule has 16 heavy (non-hydrogen) atoms. The largest absolute Gasteiger partial charge is 0.308 e. The second-order valence-corrected chi connectivity index (χ2v) is 7.66. The van der Waals surface area contributed by atoms with E-state index in [9.17, 15) is 0 Å². The standard InChI is InChI=1S/C11H11Br2NS2/c1-6-5-8(16-11(6)13)9(14-2)10-7(12)3-4-15-10/h3-5,9,14H,1-2H3. The molecule has 0 spiro atoms. The van der Waals surface area contributed by atoms with Crippen LogP contribution in [0.4, 0.5) is 0 Å². The van der Waals surface area contributed by atoms with Crippen LogP contribution in [0, 0.1) is 6.92 Å². The number of aryl methyl sites for hydroxylation is 1. The van der Waals surface area contributed by atoms with E-state index in [0.717, 1.165) is 0 Å². The van der Waals surface area contributed by atoms with Gasteiger partial charge in [-0.3, -0.25) is 0 Å². The van der Waals surface area contributed by atoms with E-state index >= 15 is 0 Å². The van der Waals surface area contributed by atoms with E-state index in [1.54, 1.807) is 22.7 Å². The van der Waals surface area contributed by atoms with E-state index in [1.165, 1.54) is 23.6 Å². The van der Waals surface area contributed by atoms with E-state index in [-0.39, 0.29) is 6.04 Å². The third-order valence-electron chi connectivity index (χ3n) is 2.36. The maximum absolute atomic E-state index is 3.59. The molecule has 1 atom stereocenters. The van der Waals surface area contributed by atoms with Gasteiger partial charge in [0.1, 0.15) is 0 Å². The maximum atomic E-state index is 3.59. The Hall–Kier alpha value is 0.320. The Morgan fingerprint density at radius 3 is 2.56 bits per heavy atom. The third kappa shape index (κ3) is 2.43. The van der Waals surface area contributed by atoms with Crippen molar-refractivity contribution in [2.45, 2.75) is 13.0 Å². The second kappa shape index (κ2) is 5.31. The molecule has 2 heterocycles. The van der Waals surface area contributed by atoms with Gasteiger partial charge in [-0.2, -0.15) is 0 Å². The van der Waals surface area contributed by atoms with Crippen molar-refractivity contribution in [1.82, 2.24) is 5.32 Å². The van der Waals surface area contributed by atoms with E-state index < -0.39 is 0 Å². The first-order valence-electron chi connectivity index (χ1n) is 4.79. The first-order chi connectivity index (χ1) is 7.63. The quantitative estimate of drug-likeness (QED) is 0.793. The summed E-state index contributed by atoms with van der Waals surface area (Å²) < 4.78 is 2.40. The molecule has 0 aliphatic carbocycles. The zero-order valence-corrected chi connectivity index (χ0v) is 13.7. The lowest BCUT2D eigenvalue weighted by molar-refractivity contribution is 0.713. The molecule has 0 saturated carbocycles. The second-order valence-electron chi connectivity index (χ2n) is 3.46. The van der Waals surface area contributed by atoms with Crippen LogP contribution < -0.4 is 5.32 Å². The summed E-state index contributed by atoms with van der Waals surface area (Å²) in [6.45, 7) is 2.13. The van der Waals surface area contributed by atoms with Crippen LogP contribution in [-0.2, 0) is 0 Å². The summed E-state index contributed by atoms with van der Waals surface area (Å²) >= 11 is 10.7. The molecular formula is C11H11Br2NS2. The van der Waals surface area contributed by atoms with E-state index in [2.05, 4.69) is 61.6 Å². The number of rotatable bonds is 3. The van der Waals surface area contributed by atoms with E-state index in [0.29, 0.717) is 0 Å². The Balaban J connectivity index is 2.40. The zero-order valence-electron chi connectivity index (χ0n) is 8.88. The van der Waals surface area contributed by atoms with Gasteiger partial charge >= 0.3 is 0 Å². The van der Waals surface area contributed by atoms with Crippen LogP contribution in [-0.4, -0.2) is 7.05 Å². The number of nitrogens with one attached hydrogen (secondary N) is 1. The normalized spacial score (nSPS) is 13.0. The van der Waals surface area contributed by atoms with Gasteiger partial charge in [-0.05, 0) is 68.9 Å². The van der Waals surface area contributed by atoms with Crippen molar-refractivity contribution in [3.63, 3.8) is 0 Å². The summed E-state index contributed by atoms with van der Waals surface area (Å²) in [5.41, 5.74) is 1.30. The summed E-state index contributed by atoms with van der Waals surface area (Å²) in [5.74, 6) is 0. The molecule has 1 nitrogen and oxygen atoms in total. The van der Waals surface area contributed by atoms with Crippen LogP contribution in [0.3, 0.4) is 0 Å². The lowest BCUT2D eigenvalue weighted by Gasteiger charge is -2.13. The average molecular weight is 381 g/mol. The van der Waals surface area contributed by atoms with Crippen molar-refractivity contribution in [3.8, 4) is 0 Å². The minimum Gasteiger partial charge on any atom is -0.308 e. The van der Waals surface area contributed by atoms with Gasteiger partial charge < -0.3 is 5.32 Å². The minimum absolute atomic E-state index is 0.282. The van der Waals surface area contributed by atoms with E-state index in [1.807, 2.05) is 7.05 Å². The summed E-state index contributed by atoms with van der Waals surface area (Å²) in [6, 6.07) is 4.62. The molecule has 0 fully saturated rings. The molecule has 0 radical (unpaired) electrons. The fourth-order valence-corrected chi connectivity index (χ4v) is 5.03. The predicted octanol–water partition coefficient (Wildman–Crippen LogP) is 4.95. The average Bonchev–Trinajstić information content (AvgIpc) is 2.78. The van der Waals surface area contributed by atoms with Gasteiger partial charge in [0.15, 0.2) is 0 Å². The van der Waals surface area contributed by atoms with E-state index in [4.69, 9.17) is 0 Å². The molecule has 0 amide bonds. The maximum Gasteiger partial charge on any atom is 0.0774 e. The number of halogens is 2. The fourth-order valence-electron chi connectivity index (χ4n) is 1.54. The SMILES string of the molecule is CNC(c1cc(C)c(Br)s1)c1sccc1Br. The minimum atomic E-state index is 0.282. The first kappa shape index (κ1) is 12.8. The molecule has 0 saturated heterocycles. The number of hydrogen-bond donors (Lipinski definition) is 1. The molecule has 2 aromatic heterocycles. The summed E-state index contributed by atoms with van der Waals surface area (Å²) in [6.07, 6.45) is 0. The van der Waals surface area contributed by atoms with Gasteiger partial charge in [-0.15, -0.1) is 22.7 Å². The third-order valence-corrected chi connectivity index (χ3v) is 6.49. The molecule has 1 N–H and O–H groups in total. The Bertz CT molecular complexity index is 470. The van der Waals surface area contributed by atoms with Gasteiger partial charge in [0.05, 0.1) is 9.83 Å². The topological polar surface area (TPSA) is 12.0 Å². The monoisotopic (exact) mass is 379 g/mol. The van der Waals surface area contributed by atoms with Gasteiger partial charge in [-0.1, -0.05) is 0 Å². The lowest BCUT2D eigenvalue weighted by atomic mass is 10.2. The summed E-state index contributed by atoms with van der Waals surface area (Å²) in [4.78, 5) is 2.67. The molecule has 0 aliphatic heterocycles. The Morgan fingerprint density at radius 2 is 2.12 bits per heavy atom. The van der Waals surface area contributed by atoms with Crippen LogP contribution in [0.1, 0.15) is 21.4 Å². The molecular weight excluding hydrogens is 370 g/mol. The Morgan fingerprint density at radius 1 is 1.38 bits per heavy atom. The Labute approximate surface area is 120 Å². The van der Waals surface area contributed by atoms with Crippen LogP contribution >= 0.6 is 54.5 Å². The van der Waals surface area contributed by atoms with Gasteiger partial charge in [0.2, 0.25) is 0 Å². The molecule has 0 aliphatic rings. The number of hydrogen-bond acceptors (Lipinski definition) is 3. The molecule has 86 valence electrons. The highest BCUT2D eigenvalue weighted by Crippen LogP contribution is 2.38. The van der Waals surface area contributed by atoms with Crippen molar-refractivity contribution < 1.29 is 0 Å². The zero-order chi connectivity index (χ0) is 11.7. The molecule has 0 aromatic carbocycles. The van der Waals surface area contributed by atoms with Crippen molar-refractivity contribution >= 4 is 54.5 Å². The highest BCUT2D eigenvalue weighted by Gasteiger charge is 2.19. The van der Waals surface area contributed by atoms with Crippen LogP contribution in [0.25, 0.3) is 0 Å². The van der Waals surface area contributed by atoms with Gasteiger partial charge in [0.25, 0.3) is 0 Å². The fraction of sp³-hybridized carbons (Fsp3) is 0.273. The summed E-state index contributed by atoms with van der Waals surface area (Å²) in [7, 11) is 2.00. The van der Waals surface area contributed by atoms with Crippen LogP contribution in [0.2, 0.25) is 0 Å². The molecule has 0 bridgehead atoms. The molecule has 1 unspecified atom stereocenters. The van der Waals surface area contributed by atoms with Crippen molar-refractivity contribution in [2.24, 2.45) is 0 Å². The van der Waals surface area contributed by atoms with Gasteiger partial charge in [-0.25, -0.2) is 0 Å². The smallest absolute Gasteiger partial charge is 0.0774 e. The molecule has 2 aromatic rings. The van der Waals surface area contributed by atoms with Crippen molar-refractivity contribution in [3.05, 3.63) is 41.1 Å². The molecule has 5 heteroatoms. The first-order valence-corrected chi connectivity index (χ1v) is 8.07. The van der Waals surface area contributed by atoms with Crippen molar-refractivity contribution in [1.29, 1.82) is 0 Å². The molecule has 2 rings (SSSR count). The highest BCUT2D eigenvalue weighted by atomic mass is 79.9. The van der Waals surface area contributed by atoms with Crippen LogP contribution in [0.5, 0.6) is 0 Å². The van der Waals surface area contributed by atoms with Crippen molar-refractivity contribution in [2.75, 3.05) is 7.05 Å². The van der Waals surface area contributed by atoms with Crippen LogP contribution in [0.15, 0.2) is 25.8 Å². The predicted molar refractivity (Wildman–Crippen MR) is 79.7 cm³/mol.